The Balaban J connectivity index is 0.000000133. The second-order valence-electron chi connectivity index (χ2n) is 6.00. The van der Waals surface area contributed by atoms with Crippen molar-refractivity contribution in [2.24, 2.45) is 0 Å². The van der Waals surface area contributed by atoms with Crippen LogP contribution in [-0.4, -0.2) is 29.9 Å². The summed E-state index contributed by atoms with van der Waals surface area (Å²) < 4.78 is 0. The van der Waals surface area contributed by atoms with Crippen LogP contribution < -0.4 is 0 Å². The zero-order valence-electron chi connectivity index (χ0n) is 15.6. The van der Waals surface area contributed by atoms with E-state index in [-0.39, 0.29) is 15.1 Å². The molecule has 4 heterocycles. The molecule has 0 fully saturated rings. The molecule has 159 valence electrons. The Morgan fingerprint density at radius 1 is 0.677 bits per heavy atom. The van der Waals surface area contributed by atoms with Crippen molar-refractivity contribution >= 4 is 64.1 Å². The number of imidazole rings is 2. The van der Waals surface area contributed by atoms with Crippen LogP contribution in [0.4, 0.5) is 0 Å². The minimum Gasteiger partial charge on any atom is -0.337 e. The number of benzene rings is 2. The number of para-hydroxylation sites is 4. The molecule has 6 aromatic rings. The molecule has 0 amide bonds. The first-order valence-corrected chi connectivity index (χ1v) is 14.9. The summed E-state index contributed by atoms with van der Waals surface area (Å²) in [5, 5.41) is 3.97. The van der Waals surface area contributed by atoms with E-state index < -0.39 is 0 Å². The molecule has 0 unspecified atom stereocenters. The van der Waals surface area contributed by atoms with Crippen molar-refractivity contribution in [3.63, 3.8) is 0 Å². The van der Waals surface area contributed by atoms with Crippen LogP contribution in [0.2, 0.25) is 0 Å². The molecule has 0 radical (unpaired) electrons. The van der Waals surface area contributed by atoms with E-state index in [2.05, 4.69) is 29.9 Å². The Hall–Kier alpha value is -2.16. The molecule has 0 saturated heterocycles. The van der Waals surface area contributed by atoms with Crippen molar-refractivity contribution in [3.05, 3.63) is 70.3 Å². The standard InChI is InChI=1S/2C10H7N3S.2ClH.Rh/c2*1-2-4-8-7(3-1)12-10(13-8)9-5-14-6-11-9;;;/h2*1-6H,(H,12,13);2*1H;/q;;;;+2/p-2. The number of fused-ring (bicyclic) bond motifs is 2. The molecule has 0 aliphatic carbocycles. The Bertz CT molecular complexity index is 1180. The number of thiazole rings is 2. The van der Waals surface area contributed by atoms with Gasteiger partial charge in [0, 0.05) is 10.8 Å². The maximum atomic E-state index is 4.83. The van der Waals surface area contributed by atoms with Gasteiger partial charge in [0.2, 0.25) is 0 Å². The SMILES string of the molecule is [Cl][Rh][Cl].c1ccc2[nH]c(-c3cscn3)nc2c1.c1ccc2[nH]c(-c3cscn3)nc2c1. The summed E-state index contributed by atoms with van der Waals surface area (Å²) >= 11 is 2.92. The topological polar surface area (TPSA) is 83.1 Å². The first kappa shape index (κ1) is 22.1. The van der Waals surface area contributed by atoms with Gasteiger partial charge in [0.05, 0.1) is 33.1 Å². The van der Waals surface area contributed by atoms with E-state index >= 15 is 0 Å². The first-order valence-electron chi connectivity index (χ1n) is 8.78. The van der Waals surface area contributed by atoms with Crippen molar-refractivity contribution in [2.75, 3.05) is 0 Å². The van der Waals surface area contributed by atoms with Gasteiger partial charge in [0.1, 0.15) is 11.4 Å². The quantitative estimate of drug-likeness (QED) is 0.224. The van der Waals surface area contributed by atoms with E-state index in [1.54, 1.807) is 22.7 Å². The molecular weight excluding hydrogens is 562 g/mol. The predicted octanol–water partition coefficient (Wildman–Crippen LogP) is 6.75. The molecule has 4 aromatic heterocycles. The number of aromatic nitrogens is 6. The smallest absolute Gasteiger partial charge is 0.158 e. The third kappa shape index (κ3) is 5.56. The van der Waals surface area contributed by atoms with Gasteiger partial charge < -0.3 is 9.97 Å². The van der Waals surface area contributed by atoms with Crippen LogP contribution in [0, 0.1) is 0 Å². The summed E-state index contributed by atoms with van der Waals surface area (Å²) in [6, 6.07) is 15.9. The Morgan fingerprint density at radius 3 is 1.45 bits per heavy atom. The maximum Gasteiger partial charge on any atom is 0.158 e. The van der Waals surface area contributed by atoms with E-state index in [4.69, 9.17) is 19.4 Å². The molecule has 11 heteroatoms. The summed E-state index contributed by atoms with van der Waals surface area (Å²) in [7, 11) is 9.67. The van der Waals surface area contributed by atoms with Crippen LogP contribution >= 0.6 is 42.1 Å². The second-order valence-corrected chi connectivity index (χ2v) is 9.93. The molecule has 0 spiro atoms. The monoisotopic (exact) mass is 575 g/mol. The summed E-state index contributed by atoms with van der Waals surface area (Å²) in [5.41, 5.74) is 9.50. The number of aromatic amines is 2. The average molecular weight is 576 g/mol. The predicted molar refractivity (Wildman–Crippen MR) is 126 cm³/mol. The summed E-state index contributed by atoms with van der Waals surface area (Å²) in [6.45, 7) is 0. The zero-order valence-corrected chi connectivity index (χ0v) is 20.4. The molecule has 0 atom stereocenters. The van der Waals surface area contributed by atoms with Crippen LogP contribution in [-0.2, 0) is 15.1 Å². The summed E-state index contributed by atoms with van der Waals surface area (Å²) in [5.74, 6) is 1.68. The fourth-order valence-corrected chi connectivity index (χ4v) is 3.88. The van der Waals surface area contributed by atoms with Gasteiger partial charge in [-0.15, -0.1) is 22.7 Å². The van der Waals surface area contributed by atoms with Crippen LogP contribution in [0.1, 0.15) is 0 Å². The van der Waals surface area contributed by atoms with Gasteiger partial charge in [0.25, 0.3) is 0 Å². The molecular formula is C20H14Cl2N6RhS2. The van der Waals surface area contributed by atoms with Gasteiger partial charge in [-0.2, -0.15) is 0 Å². The van der Waals surface area contributed by atoms with Crippen molar-refractivity contribution in [1.82, 2.24) is 29.9 Å². The Morgan fingerprint density at radius 2 is 1.10 bits per heavy atom. The van der Waals surface area contributed by atoms with Crippen molar-refractivity contribution < 1.29 is 15.1 Å². The average Bonchev–Trinajstić information content (AvgIpc) is 3.60. The molecule has 31 heavy (non-hydrogen) atoms. The van der Waals surface area contributed by atoms with E-state index in [1.165, 1.54) is 0 Å². The third-order valence-electron chi connectivity index (χ3n) is 4.13. The minimum atomic E-state index is -0.226. The molecule has 0 aliphatic heterocycles. The van der Waals surface area contributed by atoms with Gasteiger partial charge in [-0.25, -0.2) is 19.9 Å². The fourth-order valence-electron chi connectivity index (χ4n) is 2.81. The van der Waals surface area contributed by atoms with E-state index in [0.29, 0.717) is 0 Å². The van der Waals surface area contributed by atoms with Crippen LogP contribution in [0.15, 0.2) is 70.3 Å². The minimum absolute atomic E-state index is 0.226. The van der Waals surface area contributed by atoms with Crippen LogP contribution in [0.25, 0.3) is 45.1 Å². The van der Waals surface area contributed by atoms with Gasteiger partial charge in [-0.1, -0.05) is 24.3 Å². The van der Waals surface area contributed by atoms with Crippen LogP contribution in [0.5, 0.6) is 0 Å². The van der Waals surface area contributed by atoms with E-state index in [9.17, 15) is 0 Å². The van der Waals surface area contributed by atoms with Gasteiger partial charge in [-0.05, 0) is 24.3 Å². The number of rotatable bonds is 2. The van der Waals surface area contributed by atoms with Crippen molar-refractivity contribution in [3.8, 4) is 23.0 Å². The molecule has 2 N–H and O–H groups in total. The fraction of sp³-hybridized carbons (Fsp3) is 0. The molecule has 0 bridgehead atoms. The number of nitrogens with one attached hydrogen (secondary N) is 2. The maximum absolute atomic E-state index is 4.83. The van der Waals surface area contributed by atoms with Gasteiger partial charge in [-0.3, -0.25) is 0 Å². The molecule has 0 aliphatic rings. The number of hydrogen-bond acceptors (Lipinski definition) is 6. The van der Waals surface area contributed by atoms with E-state index in [1.807, 2.05) is 70.3 Å². The largest absolute Gasteiger partial charge is 0.337 e. The molecule has 0 saturated carbocycles. The van der Waals surface area contributed by atoms with Gasteiger partial charge in [0.15, 0.2) is 11.6 Å². The summed E-state index contributed by atoms with van der Waals surface area (Å²) in [6.07, 6.45) is 0. The summed E-state index contributed by atoms with van der Waals surface area (Å²) in [4.78, 5) is 23.8. The van der Waals surface area contributed by atoms with Gasteiger partial charge >= 0.3 is 34.5 Å². The van der Waals surface area contributed by atoms with Crippen molar-refractivity contribution in [2.45, 2.75) is 0 Å². The van der Waals surface area contributed by atoms with E-state index in [0.717, 1.165) is 45.1 Å². The zero-order chi connectivity index (χ0) is 21.5. The molecule has 6 nitrogen and oxygen atoms in total. The Kier molecular flexibility index (Phi) is 7.78. The third-order valence-corrected chi connectivity index (χ3v) is 5.30. The van der Waals surface area contributed by atoms with Crippen LogP contribution in [0.3, 0.4) is 0 Å². The number of hydrogen-bond donors (Lipinski definition) is 2. The molecule has 2 aromatic carbocycles. The Labute approximate surface area is 201 Å². The second kappa shape index (κ2) is 10.9. The number of halogens is 2. The first-order chi connectivity index (χ1) is 15.3. The normalized spacial score (nSPS) is 10.5. The van der Waals surface area contributed by atoms with Crippen molar-refractivity contribution in [1.29, 1.82) is 0 Å². The number of H-pyrrole nitrogens is 2. The number of nitrogens with zero attached hydrogens (tertiary/aromatic N) is 4. The molecule has 6 rings (SSSR count).